The van der Waals surface area contributed by atoms with Gasteiger partial charge in [0.1, 0.15) is 5.82 Å². The third-order valence-electron chi connectivity index (χ3n) is 3.13. The van der Waals surface area contributed by atoms with Crippen LogP contribution in [0.15, 0.2) is 18.2 Å². The molecule has 0 N–H and O–H groups in total. The van der Waals surface area contributed by atoms with Gasteiger partial charge < -0.3 is 9.30 Å². The standard InChI is InChI=1S/C15H20Cl2N2O/c1-2-9-20-10-3-8-19-14-5-4-12(17)11-13(14)18-15(19)6-7-16/h4-5,11H,2-3,6-10H2,1H3. The van der Waals surface area contributed by atoms with Gasteiger partial charge >= 0.3 is 0 Å². The first-order valence-electron chi connectivity index (χ1n) is 7.04. The summed E-state index contributed by atoms with van der Waals surface area (Å²) in [5.41, 5.74) is 2.05. The van der Waals surface area contributed by atoms with Gasteiger partial charge in [-0.3, -0.25) is 0 Å². The molecule has 0 aliphatic rings. The van der Waals surface area contributed by atoms with Gasteiger partial charge in [-0.15, -0.1) is 11.6 Å². The molecule has 1 heterocycles. The Labute approximate surface area is 129 Å². The molecule has 0 unspecified atom stereocenters. The Morgan fingerprint density at radius 2 is 2.15 bits per heavy atom. The van der Waals surface area contributed by atoms with Gasteiger partial charge in [-0.2, -0.15) is 0 Å². The fourth-order valence-electron chi connectivity index (χ4n) is 2.25. The Bertz CT molecular complexity index is 554. The number of alkyl halides is 1. The molecule has 0 aliphatic heterocycles. The van der Waals surface area contributed by atoms with E-state index in [-0.39, 0.29) is 0 Å². The van der Waals surface area contributed by atoms with E-state index in [9.17, 15) is 0 Å². The van der Waals surface area contributed by atoms with Crippen LogP contribution in [0.1, 0.15) is 25.6 Å². The minimum Gasteiger partial charge on any atom is -0.381 e. The molecule has 0 atom stereocenters. The molecular weight excluding hydrogens is 295 g/mol. The Hall–Kier alpha value is -0.770. The van der Waals surface area contributed by atoms with Gasteiger partial charge in [0.05, 0.1) is 11.0 Å². The number of aryl methyl sites for hydroxylation is 2. The van der Waals surface area contributed by atoms with Crippen molar-refractivity contribution in [3.8, 4) is 0 Å². The second-order valence-electron chi connectivity index (χ2n) is 4.72. The van der Waals surface area contributed by atoms with E-state index in [4.69, 9.17) is 27.9 Å². The van der Waals surface area contributed by atoms with Crippen LogP contribution in [0.4, 0.5) is 0 Å². The van der Waals surface area contributed by atoms with Crippen LogP contribution in [0, 0.1) is 0 Å². The fraction of sp³-hybridized carbons (Fsp3) is 0.533. The van der Waals surface area contributed by atoms with Gasteiger partial charge in [0.2, 0.25) is 0 Å². The van der Waals surface area contributed by atoms with Gasteiger partial charge in [0.25, 0.3) is 0 Å². The molecule has 0 amide bonds. The summed E-state index contributed by atoms with van der Waals surface area (Å²) in [6.07, 6.45) is 2.80. The summed E-state index contributed by atoms with van der Waals surface area (Å²) < 4.78 is 7.76. The van der Waals surface area contributed by atoms with E-state index < -0.39 is 0 Å². The number of aromatic nitrogens is 2. The predicted octanol–water partition coefficient (Wildman–Crippen LogP) is 4.29. The molecule has 20 heavy (non-hydrogen) atoms. The van der Waals surface area contributed by atoms with Crippen LogP contribution in [0.25, 0.3) is 11.0 Å². The molecule has 2 aromatic rings. The number of rotatable bonds is 8. The number of fused-ring (bicyclic) bond motifs is 1. The highest BCUT2D eigenvalue weighted by Gasteiger charge is 2.10. The summed E-state index contributed by atoms with van der Waals surface area (Å²) in [5, 5.41) is 0.714. The molecule has 5 heteroatoms. The lowest BCUT2D eigenvalue weighted by atomic mass is 10.3. The molecule has 0 radical (unpaired) electrons. The quantitative estimate of drug-likeness (QED) is 0.537. The Morgan fingerprint density at radius 1 is 1.30 bits per heavy atom. The van der Waals surface area contributed by atoms with Crippen molar-refractivity contribution in [1.82, 2.24) is 9.55 Å². The molecule has 1 aromatic carbocycles. The molecular formula is C15H20Cl2N2O. The zero-order chi connectivity index (χ0) is 14.4. The van der Waals surface area contributed by atoms with Crippen molar-refractivity contribution in [2.75, 3.05) is 19.1 Å². The molecule has 3 nitrogen and oxygen atoms in total. The average Bonchev–Trinajstić information content (AvgIpc) is 2.76. The lowest BCUT2D eigenvalue weighted by molar-refractivity contribution is 0.129. The molecule has 110 valence electrons. The lowest BCUT2D eigenvalue weighted by Gasteiger charge is -2.09. The number of ether oxygens (including phenoxy) is 1. The highest BCUT2D eigenvalue weighted by molar-refractivity contribution is 6.31. The summed E-state index contributed by atoms with van der Waals surface area (Å²) >= 11 is 11.9. The lowest BCUT2D eigenvalue weighted by Crippen LogP contribution is -2.07. The van der Waals surface area contributed by atoms with E-state index in [1.54, 1.807) is 0 Å². The third kappa shape index (κ3) is 3.87. The van der Waals surface area contributed by atoms with E-state index in [0.29, 0.717) is 10.9 Å². The number of hydrogen-bond acceptors (Lipinski definition) is 2. The molecule has 0 saturated carbocycles. The van der Waals surface area contributed by atoms with Crippen LogP contribution in [0.3, 0.4) is 0 Å². The maximum atomic E-state index is 6.02. The van der Waals surface area contributed by atoms with Crippen molar-refractivity contribution in [3.05, 3.63) is 29.0 Å². The van der Waals surface area contributed by atoms with Crippen molar-refractivity contribution in [2.45, 2.75) is 32.7 Å². The second kappa shape index (κ2) is 7.87. The molecule has 0 fully saturated rings. The Balaban J connectivity index is 2.13. The number of benzene rings is 1. The molecule has 1 aromatic heterocycles. The van der Waals surface area contributed by atoms with Gasteiger partial charge in [-0.1, -0.05) is 18.5 Å². The molecule has 2 rings (SSSR count). The fourth-order valence-corrected chi connectivity index (χ4v) is 2.58. The average molecular weight is 315 g/mol. The van der Waals surface area contributed by atoms with Crippen molar-refractivity contribution < 1.29 is 4.74 Å². The van der Waals surface area contributed by atoms with Gasteiger partial charge in [-0.05, 0) is 31.0 Å². The maximum absolute atomic E-state index is 6.02. The molecule has 0 aliphatic carbocycles. The maximum Gasteiger partial charge on any atom is 0.111 e. The normalized spacial score (nSPS) is 11.3. The minimum atomic E-state index is 0.573. The van der Waals surface area contributed by atoms with Crippen LogP contribution in [0.5, 0.6) is 0 Å². The van der Waals surface area contributed by atoms with E-state index in [0.717, 1.165) is 55.9 Å². The molecule has 0 spiro atoms. The van der Waals surface area contributed by atoms with Crippen LogP contribution in [-0.2, 0) is 17.7 Å². The summed E-state index contributed by atoms with van der Waals surface area (Å²) in [6.45, 7) is 4.62. The van der Waals surface area contributed by atoms with Crippen LogP contribution in [0.2, 0.25) is 5.02 Å². The van der Waals surface area contributed by atoms with E-state index in [2.05, 4.69) is 16.5 Å². The first-order valence-corrected chi connectivity index (χ1v) is 7.96. The third-order valence-corrected chi connectivity index (χ3v) is 3.55. The van der Waals surface area contributed by atoms with Crippen molar-refractivity contribution in [1.29, 1.82) is 0 Å². The smallest absolute Gasteiger partial charge is 0.111 e. The zero-order valence-corrected chi connectivity index (χ0v) is 13.3. The molecule has 0 bridgehead atoms. The summed E-state index contributed by atoms with van der Waals surface area (Å²) in [5.74, 6) is 1.59. The van der Waals surface area contributed by atoms with Gasteiger partial charge in [0.15, 0.2) is 0 Å². The Kier molecular flexibility index (Phi) is 6.14. The number of hydrogen-bond donors (Lipinski definition) is 0. The van der Waals surface area contributed by atoms with Gasteiger partial charge in [0, 0.05) is 37.1 Å². The topological polar surface area (TPSA) is 27.1 Å². The first-order chi connectivity index (χ1) is 9.76. The van der Waals surface area contributed by atoms with E-state index in [1.165, 1.54) is 0 Å². The van der Waals surface area contributed by atoms with E-state index >= 15 is 0 Å². The number of halogens is 2. The van der Waals surface area contributed by atoms with E-state index in [1.807, 2.05) is 18.2 Å². The minimum absolute atomic E-state index is 0.573. The van der Waals surface area contributed by atoms with Crippen molar-refractivity contribution in [3.63, 3.8) is 0 Å². The number of nitrogens with zero attached hydrogens (tertiary/aromatic N) is 2. The van der Waals surface area contributed by atoms with Crippen molar-refractivity contribution >= 4 is 34.2 Å². The monoisotopic (exact) mass is 314 g/mol. The predicted molar refractivity (Wildman–Crippen MR) is 84.9 cm³/mol. The van der Waals surface area contributed by atoms with Gasteiger partial charge in [-0.25, -0.2) is 4.98 Å². The second-order valence-corrected chi connectivity index (χ2v) is 5.53. The van der Waals surface area contributed by atoms with Crippen LogP contribution >= 0.6 is 23.2 Å². The van der Waals surface area contributed by atoms with Crippen LogP contribution < -0.4 is 0 Å². The summed E-state index contributed by atoms with van der Waals surface area (Å²) in [4.78, 5) is 4.63. The number of imidazole rings is 1. The van der Waals surface area contributed by atoms with Crippen LogP contribution in [-0.4, -0.2) is 28.6 Å². The summed E-state index contributed by atoms with van der Waals surface area (Å²) in [6, 6.07) is 5.83. The zero-order valence-electron chi connectivity index (χ0n) is 11.7. The Morgan fingerprint density at radius 3 is 2.90 bits per heavy atom. The highest BCUT2D eigenvalue weighted by Crippen LogP contribution is 2.21. The highest BCUT2D eigenvalue weighted by atomic mass is 35.5. The summed E-state index contributed by atoms with van der Waals surface area (Å²) in [7, 11) is 0. The molecule has 0 saturated heterocycles. The van der Waals surface area contributed by atoms with Crippen molar-refractivity contribution in [2.24, 2.45) is 0 Å². The largest absolute Gasteiger partial charge is 0.381 e. The SMILES string of the molecule is CCCOCCCn1c(CCCl)nc2cc(Cl)ccc21. The first kappa shape index (κ1) is 15.6.